The Morgan fingerprint density at radius 2 is 2.16 bits per heavy atom. The van der Waals surface area contributed by atoms with Gasteiger partial charge in [0.2, 0.25) is 5.91 Å². The Kier molecular flexibility index (Phi) is 6.87. The first kappa shape index (κ1) is 23.0. The summed E-state index contributed by atoms with van der Waals surface area (Å²) in [5.41, 5.74) is 1.35. The fraction of sp³-hybridized carbons (Fsp3) is 0.273. The van der Waals surface area contributed by atoms with Crippen LogP contribution in [0.2, 0.25) is 0 Å². The van der Waals surface area contributed by atoms with E-state index in [2.05, 4.69) is 27.8 Å². The molecule has 0 saturated carbocycles. The first-order valence-corrected chi connectivity index (χ1v) is 9.51. The minimum absolute atomic E-state index is 0. The van der Waals surface area contributed by atoms with Gasteiger partial charge in [0.15, 0.2) is 0 Å². The molecule has 2 aliphatic rings. The number of carbonyl (C=O) groups excluding carboxylic acids is 3. The van der Waals surface area contributed by atoms with Gasteiger partial charge in [0, 0.05) is 18.7 Å². The van der Waals surface area contributed by atoms with E-state index in [1.54, 1.807) is 30.5 Å². The molecular formula is C22H20N4O4U. The first-order valence-electron chi connectivity index (χ1n) is 9.51. The van der Waals surface area contributed by atoms with Gasteiger partial charge in [-0.15, -0.1) is 12.3 Å². The number of aryl methyl sites for hydroxylation is 1. The number of carbonyl (C=O) groups is 3. The quantitative estimate of drug-likeness (QED) is 0.368. The van der Waals surface area contributed by atoms with Crippen LogP contribution in [0.3, 0.4) is 0 Å². The van der Waals surface area contributed by atoms with Gasteiger partial charge in [0.25, 0.3) is 5.91 Å². The number of fused-ring (bicyclic) bond motifs is 1. The minimum atomic E-state index is -1.50. The third-order valence-corrected chi connectivity index (χ3v) is 5.18. The van der Waals surface area contributed by atoms with Crippen LogP contribution in [-0.2, 0) is 17.8 Å². The maximum atomic E-state index is 12.9. The maximum absolute atomic E-state index is 12.9. The Morgan fingerprint density at radius 3 is 2.77 bits per heavy atom. The standard InChI is InChI=1S/C22H20N4O4.U/c1-3-16-6-4-14(11-23-16)8-9-22(20(28)24-21(29)25-22)13-26-12-15-5-7-17(30-2)10-18(15)19(26)27;/h5-8,10-11H,3,12-13H2,1-2H3,(H2,24,25,28,29);/q-2;+2/t22-;/m1./s1. The van der Waals surface area contributed by atoms with Gasteiger partial charge in [-0.25, -0.2) is 10.9 Å². The molecular weight excluding hydrogens is 622 g/mol. The van der Waals surface area contributed by atoms with Crippen molar-refractivity contribution in [2.75, 3.05) is 13.7 Å². The van der Waals surface area contributed by atoms with E-state index in [0.29, 0.717) is 23.4 Å². The SMILES string of the molecule is CCc1c[c-]c(C=[C-][C@]2(CN3Cc4ccc(OC)cc4C3=O)NC(=O)NC2=O)cn1.[U+2]. The Bertz CT molecular complexity index is 1050. The van der Waals surface area contributed by atoms with E-state index in [-0.39, 0.29) is 43.6 Å². The second kappa shape index (κ2) is 9.25. The second-order valence-corrected chi connectivity index (χ2v) is 7.13. The molecule has 0 aliphatic carbocycles. The smallest absolute Gasteiger partial charge is 0.497 e. The Morgan fingerprint density at radius 1 is 1.35 bits per heavy atom. The molecule has 1 fully saturated rings. The summed E-state index contributed by atoms with van der Waals surface area (Å²) in [6, 6.07) is 9.48. The number of hydrogen-bond acceptors (Lipinski definition) is 5. The van der Waals surface area contributed by atoms with Gasteiger partial charge in [-0.2, -0.15) is 0 Å². The molecule has 0 unspecified atom stereocenters. The molecule has 0 bridgehead atoms. The number of aromatic nitrogens is 1. The predicted molar refractivity (Wildman–Crippen MR) is 107 cm³/mol. The molecule has 2 aromatic rings. The van der Waals surface area contributed by atoms with Crippen LogP contribution < -0.4 is 15.4 Å². The number of ether oxygens (including phenoxy) is 1. The van der Waals surface area contributed by atoms with Crippen LogP contribution in [0.15, 0.2) is 30.5 Å². The number of nitrogens with one attached hydrogen (secondary N) is 2. The zero-order valence-electron chi connectivity index (χ0n) is 17.1. The normalized spacial score (nSPS) is 19.8. The third kappa shape index (κ3) is 4.53. The van der Waals surface area contributed by atoms with Crippen molar-refractivity contribution in [3.63, 3.8) is 0 Å². The number of methoxy groups -OCH3 is 1. The zero-order chi connectivity index (χ0) is 21.3. The van der Waals surface area contributed by atoms with E-state index < -0.39 is 17.5 Å². The van der Waals surface area contributed by atoms with Crippen LogP contribution in [0, 0.1) is 43.3 Å². The molecule has 8 nitrogen and oxygen atoms in total. The first-order chi connectivity index (χ1) is 14.4. The summed E-state index contributed by atoms with van der Waals surface area (Å²) in [5.74, 6) is -0.224. The molecule has 1 atom stereocenters. The van der Waals surface area contributed by atoms with Crippen molar-refractivity contribution < 1.29 is 50.2 Å². The number of hydrogen-bond donors (Lipinski definition) is 2. The van der Waals surface area contributed by atoms with Crippen LogP contribution in [-0.4, -0.2) is 46.9 Å². The van der Waals surface area contributed by atoms with E-state index >= 15 is 0 Å². The van der Waals surface area contributed by atoms with Crippen molar-refractivity contribution in [1.29, 1.82) is 0 Å². The fourth-order valence-corrected chi connectivity index (χ4v) is 3.50. The topological polar surface area (TPSA) is 101 Å². The molecule has 1 saturated heterocycles. The van der Waals surface area contributed by atoms with Gasteiger partial charge < -0.3 is 26.0 Å². The number of benzene rings is 1. The fourth-order valence-electron chi connectivity index (χ4n) is 3.50. The molecule has 156 valence electrons. The second-order valence-electron chi connectivity index (χ2n) is 7.13. The van der Waals surface area contributed by atoms with Crippen molar-refractivity contribution in [3.8, 4) is 5.75 Å². The average Bonchev–Trinajstić information content (AvgIpc) is 3.21. The van der Waals surface area contributed by atoms with E-state index in [9.17, 15) is 14.4 Å². The van der Waals surface area contributed by atoms with Gasteiger partial charge in [0.1, 0.15) is 5.75 Å². The molecule has 0 radical (unpaired) electrons. The summed E-state index contributed by atoms with van der Waals surface area (Å²) in [5, 5.41) is 4.85. The van der Waals surface area contributed by atoms with Crippen molar-refractivity contribution in [2.24, 2.45) is 0 Å². The number of imide groups is 1. The number of urea groups is 1. The molecule has 31 heavy (non-hydrogen) atoms. The van der Waals surface area contributed by atoms with E-state index in [0.717, 1.165) is 17.7 Å². The summed E-state index contributed by atoms with van der Waals surface area (Å²) in [7, 11) is 1.53. The monoisotopic (exact) mass is 642 g/mol. The van der Waals surface area contributed by atoms with Crippen LogP contribution in [0.1, 0.15) is 34.1 Å². The van der Waals surface area contributed by atoms with Crippen LogP contribution in [0.4, 0.5) is 4.79 Å². The van der Waals surface area contributed by atoms with Gasteiger partial charge in [0.05, 0.1) is 12.6 Å². The molecule has 2 aliphatic heterocycles. The Balaban J connectivity index is 0.00000272. The van der Waals surface area contributed by atoms with Crippen LogP contribution >= 0.6 is 0 Å². The van der Waals surface area contributed by atoms with Crippen molar-refractivity contribution in [2.45, 2.75) is 25.4 Å². The summed E-state index contributed by atoms with van der Waals surface area (Å²) < 4.78 is 5.19. The summed E-state index contributed by atoms with van der Waals surface area (Å²) in [6.45, 7) is 2.26. The number of rotatable bonds is 6. The van der Waals surface area contributed by atoms with Crippen molar-refractivity contribution in [1.82, 2.24) is 20.5 Å². The molecule has 2 N–H and O–H groups in total. The molecule has 0 spiro atoms. The Labute approximate surface area is 203 Å². The number of pyridine rings is 1. The van der Waals surface area contributed by atoms with Gasteiger partial charge >= 0.3 is 37.1 Å². The minimum Gasteiger partial charge on any atom is -0.497 e. The van der Waals surface area contributed by atoms with E-state index in [4.69, 9.17) is 4.74 Å². The van der Waals surface area contributed by atoms with E-state index in [1.807, 2.05) is 13.0 Å². The molecule has 1 aromatic carbocycles. The maximum Gasteiger partial charge on any atom is 2.00 e. The average molecular weight is 642 g/mol. The zero-order valence-corrected chi connectivity index (χ0v) is 21.3. The summed E-state index contributed by atoms with van der Waals surface area (Å²) in [4.78, 5) is 43.2. The van der Waals surface area contributed by atoms with Crippen LogP contribution in [0.5, 0.6) is 5.75 Å². The molecule has 9 heteroatoms. The largest absolute Gasteiger partial charge is 2.00 e. The van der Waals surface area contributed by atoms with Crippen LogP contribution in [0.25, 0.3) is 6.08 Å². The van der Waals surface area contributed by atoms with Gasteiger partial charge in [-0.1, -0.05) is 13.0 Å². The van der Waals surface area contributed by atoms with Gasteiger partial charge in [-0.05, 0) is 29.8 Å². The molecule has 1 aromatic heterocycles. The molecule has 4 rings (SSSR count). The predicted octanol–water partition coefficient (Wildman–Crippen LogP) is 1.50. The molecule has 4 amide bonds. The number of amides is 4. The summed E-state index contributed by atoms with van der Waals surface area (Å²) in [6.07, 6.45) is 6.93. The summed E-state index contributed by atoms with van der Waals surface area (Å²) >= 11 is 0. The van der Waals surface area contributed by atoms with E-state index in [1.165, 1.54) is 12.0 Å². The Hall–Kier alpha value is -2.63. The van der Waals surface area contributed by atoms with Gasteiger partial charge in [-0.3, -0.25) is 26.5 Å². The molecule has 3 heterocycles. The van der Waals surface area contributed by atoms with Crippen molar-refractivity contribution >= 4 is 23.9 Å². The van der Waals surface area contributed by atoms with Crippen molar-refractivity contribution in [3.05, 3.63) is 65.0 Å². The number of nitrogens with zero attached hydrogens (tertiary/aromatic N) is 2. The third-order valence-electron chi connectivity index (χ3n) is 5.18.